The van der Waals surface area contributed by atoms with E-state index in [0.29, 0.717) is 27.0 Å². The molecule has 11 nitrogen and oxygen atoms in total. The topological polar surface area (TPSA) is 154 Å². The van der Waals surface area contributed by atoms with Crippen molar-refractivity contribution in [1.82, 2.24) is 29.7 Å². The van der Waals surface area contributed by atoms with Gasteiger partial charge in [-0.3, -0.25) is 0 Å². The predicted molar refractivity (Wildman–Crippen MR) is 185 cm³/mol. The van der Waals surface area contributed by atoms with Gasteiger partial charge in [-0.1, -0.05) is 46.9 Å². The number of hydrogen-bond donors (Lipinski definition) is 4. The van der Waals surface area contributed by atoms with Gasteiger partial charge in [0.15, 0.2) is 11.0 Å². The number of aromatic hydroxyl groups is 2. The van der Waals surface area contributed by atoms with Crippen molar-refractivity contribution in [2.45, 2.75) is 23.7 Å². The van der Waals surface area contributed by atoms with Crippen LogP contribution in [-0.4, -0.2) is 86.8 Å². The second-order valence-corrected chi connectivity index (χ2v) is 13.5. The number of nitrogens with two attached hydrogens (primary N) is 2. The minimum atomic E-state index is 0. The molecule has 46 heavy (non-hydrogen) atoms. The first-order valence-electron chi connectivity index (χ1n) is 14.4. The second-order valence-electron chi connectivity index (χ2n) is 12.3. The maximum absolute atomic E-state index is 9.87. The molecule has 4 aliphatic rings. The van der Waals surface area contributed by atoms with Crippen LogP contribution < -0.4 is 16.4 Å². The van der Waals surface area contributed by atoms with Crippen molar-refractivity contribution in [1.29, 1.82) is 0 Å². The van der Waals surface area contributed by atoms with Crippen molar-refractivity contribution >= 4 is 70.6 Å². The van der Waals surface area contributed by atoms with E-state index in [1.165, 1.54) is 48.6 Å². The smallest absolute Gasteiger partial charge is 0.222 e. The third kappa shape index (κ3) is 6.45. The van der Waals surface area contributed by atoms with E-state index in [1.54, 1.807) is 12.1 Å². The maximum atomic E-state index is 9.87. The largest absolute Gasteiger partial charge is 0.508 e. The van der Waals surface area contributed by atoms with E-state index in [1.807, 2.05) is 23.1 Å². The highest BCUT2D eigenvalue weighted by atomic mass is 35.5. The van der Waals surface area contributed by atoms with Gasteiger partial charge in [0, 0.05) is 49.6 Å². The molecule has 2 aromatic heterocycles. The summed E-state index contributed by atoms with van der Waals surface area (Å²) in [7, 11) is 4.27. The Labute approximate surface area is 288 Å². The Hall–Kier alpha value is -3.32. The number of phenols is 2. The van der Waals surface area contributed by atoms with E-state index < -0.39 is 0 Å². The molecule has 6 N–H and O–H groups in total. The van der Waals surface area contributed by atoms with Crippen LogP contribution in [-0.2, 0) is 17.3 Å². The number of anilines is 4. The molecular weight excluding hydrogens is 672 g/mol. The summed E-state index contributed by atoms with van der Waals surface area (Å²) in [5, 5.41) is 20.2. The average molecular weight is 707 g/mol. The first-order chi connectivity index (χ1) is 21.4. The number of likely N-dealkylation sites (N-methyl/N-ethyl adjacent to an activating group) is 2. The summed E-state index contributed by atoms with van der Waals surface area (Å²) in [6.07, 6.45) is 5.26. The first kappa shape index (κ1) is 34.0. The van der Waals surface area contributed by atoms with Gasteiger partial charge in [0.2, 0.25) is 11.9 Å². The summed E-state index contributed by atoms with van der Waals surface area (Å²) in [6, 6.07) is 11.4. The van der Waals surface area contributed by atoms with Crippen LogP contribution in [0.25, 0.3) is 0 Å². The van der Waals surface area contributed by atoms with E-state index in [-0.39, 0.29) is 40.6 Å². The molecule has 244 valence electrons. The highest BCUT2D eigenvalue weighted by Gasteiger charge is 2.51. The molecule has 0 amide bonds. The van der Waals surface area contributed by atoms with Crippen molar-refractivity contribution in [2.24, 2.45) is 0 Å². The lowest BCUT2D eigenvalue weighted by Crippen LogP contribution is -2.59. The number of nitrogens with zero attached hydrogens (tertiary/aromatic N) is 7. The van der Waals surface area contributed by atoms with E-state index >= 15 is 0 Å². The molecule has 8 rings (SSSR count). The molecule has 2 fully saturated rings. The third-order valence-electron chi connectivity index (χ3n) is 8.85. The maximum Gasteiger partial charge on any atom is 0.222 e. The van der Waals surface area contributed by atoms with Crippen LogP contribution in [0.4, 0.5) is 23.4 Å². The summed E-state index contributed by atoms with van der Waals surface area (Å²) < 4.78 is 0. The molecule has 4 aromatic rings. The van der Waals surface area contributed by atoms with Gasteiger partial charge in [0.1, 0.15) is 16.5 Å². The monoisotopic (exact) mass is 705 g/mol. The van der Waals surface area contributed by atoms with Gasteiger partial charge in [-0.15, -0.1) is 12.4 Å². The van der Waals surface area contributed by atoms with E-state index in [0.717, 1.165) is 31.7 Å². The molecule has 0 unspecified atom stereocenters. The Morgan fingerprint density at radius 2 is 1.30 bits per heavy atom. The lowest BCUT2D eigenvalue weighted by atomic mass is 9.75. The van der Waals surface area contributed by atoms with Crippen molar-refractivity contribution in [3.05, 3.63) is 80.7 Å². The SMILES string of the molecule is CN1CC2(C1)CN(c1nc(N)ncc1Cl)c1cc(O)ccc12.CN1CC2(CCc3cc(O)ccc32)C1.Cl.Nc1ncc(Cl)c(Cl)n1. The summed E-state index contributed by atoms with van der Waals surface area (Å²) in [4.78, 5) is 22.0. The highest BCUT2D eigenvalue weighted by Crippen LogP contribution is 2.50. The number of benzene rings is 2. The van der Waals surface area contributed by atoms with Gasteiger partial charge < -0.3 is 36.4 Å². The summed E-state index contributed by atoms with van der Waals surface area (Å²) in [5.41, 5.74) is 16.4. The number of halogens is 4. The summed E-state index contributed by atoms with van der Waals surface area (Å²) >= 11 is 17.2. The summed E-state index contributed by atoms with van der Waals surface area (Å²) in [6.45, 7) is 5.08. The Balaban J connectivity index is 0.000000149. The molecule has 0 radical (unpaired) electrons. The van der Waals surface area contributed by atoms with Gasteiger partial charge in [-0.2, -0.15) is 9.97 Å². The van der Waals surface area contributed by atoms with Crippen molar-refractivity contribution < 1.29 is 10.2 Å². The van der Waals surface area contributed by atoms with Gasteiger partial charge in [-0.25, -0.2) is 9.97 Å². The second kappa shape index (κ2) is 13.1. The highest BCUT2D eigenvalue weighted by molar-refractivity contribution is 6.41. The van der Waals surface area contributed by atoms with E-state index in [2.05, 4.69) is 49.9 Å². The van der Waals surface area contributed by atoms with Crippen molar-refractivity contribution in [3.8, 4) is 11.5 Å². The van der Waals surface area contributed by atoms with Crippen LogP contribution in [0, 0.1) is 0 Å². The zero-order valence-electron chi connectivity index (χ0n) is 25.3. The Kier molecular flexibility index (Phi) is 9.66. The van der Waals surface area contributed by atoms with Crippen LogP contribution in [0.3, 0.4) is 0 Å². The molecule has 3 aliphatic heterocycles. The van der Waals surface area contributed by atoms with E-state index in [4.69, 9.17) is 46.3 Å². The Morgan fingerprint density at radius 3 is 1.91 bits per heavy atom. The van der Waals surface area contributed by atoms with Crippen LogP contribution >= 0.6 is 47.2 Å². The number of rotatable bonds is 1. The van der Waals surface area contributed by atoms with Crippen LogP contribution in [0.15, 0.2) is 48.8 Å². The van der Waals surface area contributed by atoms with Gasteiger partial charge >= 0.3 is 0 Å². The lowest BCUT2D eigenvalue weighted by Gasteiger charge is -2.47. The first-order valence-corrected chi connectivity index (χ1v) is 15.5. The Morgan fingerprint density at radius 1 is 0.739 bits per heavy atom. The minimum absolute atomic E-state index is 0. The average Bonchev–Trinajstić information content (AvgIpc) is 3.49. The molecule has 0 saturated carbocycles. The zero-order chi connectivity index (χ0) is 32.1. The van der Waals surface area contributed by atoms with E-state index in [9.17, 15) is 10.2 Å². The number of hydrogen-bond acceptors (Lipinski definition) is 11. The molecular formula is C31H35Cl4N9O2. The van der Waals surface area contributed by atoms with Crippen molar-refractivity contribution in [3.63, 3.8) is 0 Å². The van der Waals surface area contributed by atoms with Crippen LogP contribution in [0.2, 0.25) is 15.2 Å². The number of aromatic nitrogens is 4. The number of fused-ring (bicyclic) bond motifs is 4. The van der Waals surface area contributed by atoms with Gasteiger partial charge in [0.25, 0.3) is 0 Å². The fourth-order valence-corrected chi connectivity index (χ4v) is 7.58. The molecule has 0 atom stereocenters. The quantitative estimate of drug-likeness (QED) is 0.196. The molecule has 2 spiro atoms. The van der Waals surface area contributed by atoms with Crippen molar-refractivity contribution in [2.75, 3.05) is 63.2 Å². The molecule has 2 aromatic carbocycles. The van der Waals surface area contributed by atoms with Gasteiger partial charge in [0.05, 0.1) is 23.1 Å². The fourth-order valence-electron chi connectivity index (χ4n) is 7.16. The zero-order valence-corrected chi connectivity index (χ0v) is 28.4. The number of nitrogen functional groups attached to an aromatic ring is 2. The normalized spacial score (nSPS) is 18.2. The number of aryl methyl sites for hydroxylation is 1. The molecule has 1 aliphatic carbocycles. The molecule has 0 bridgehead atoms. The minimum Gasteiger partial charge on any atom is -0.508 e. The molecule has 15 heteroatoms. The molecule has 2 saturated heterocycles. The van der Waals surface area contributed by atoms with Gasteiger partial charge in [-0.05, 0) is 61.8 Å². The number of likely N-dealkylation sites (tertiary alicyclic amines) is 2. The summed E-state index contributed by atoms with van der Waals surface area (Å²) in [5.74, 6) is 1.55. The predicted octanol–water partition coefficient (Wildman–Crippen LogP) is 5.06. The third-order valence-corrected chi connectivity index (χ3v) is 9.78. The molecule has 5 heterocycles. The Bertz CT molecular complexity index is 1750. The lowest BCUT2D eigenvalue weighted by molar-refractivity contribution is 0.0946. The van der Waals surface area contributed by atoms with Crippen LogP contribution in [0.5, 0.6) is 11.5 Å². The standard InChI is InChI=1S/C15H16ClN5O.C12H15NO.C4H3Cl2N3.ClH/c1-20-6-15(7-20)8-21(12-4-9(22)2-3-10(12)15)13-11(16)5-18-14(17)19-13;1-13-7-12(8-13)5-4-9-6-10(14)2-3-11(9)12;5-2-1-8-4(7)9-3(2)6;/h2-5,22H,6-8H2,1H3,(H2,17,18,19);2-3,6,14H,4-5,7-8H2,1H3;1H,(H2,7,8,9);1H. The van der Waals surface area contributed by atoms with Crippen LogP contribution in [0.1, 0.15) is 23.1 Å². The number of phenolic OH excluding ortho intramolecular Hbond substituents is 2. The fraction of sp³-hybridized carbons (Fsp3) is 0.355.